The van der Waals surface area contributed by atoms with Gasteiger partial charge in [-0.3, -0.25) is 23.9 Å². The van der Waals surface area contributed by atoms with Crippen molar-refractivity contribution in [1.29, 1.82) is 0 Å². The number of hydrogen-bond donors (Lipinski definition) is 0. The van der Waals surface area contributed by atoms with E-state index in [4.69, 9.17) is 0 Å². The van der Waals surface area contributed by atoms with Crippen LogP contribution in [0.2, 0.25) is 0 Å². The molecule has 0 spiro atoms. The van der Waals surface area contributed by atoms with E-state index in [1.807, 2.05) is 6.92 Å². The fourth-order valence-electron chi connectivity index (χ4n) is 3.40. The molecule has 0 aromatic carbocycles. The standard InChI is InChI=1S/C16H17N3O3S2/c1-9-17-14-13(10-4-2-3-5-11(10)24-14)15(21)18(9)6-7-19-12(20)8-23-16(19)22/h2-8H2,1H3. The zero-order chi connectivity index (χ0) is 16.8. The second kappa shape index (κ2) is 6.00. The summed E-state index contributed by atoms with van der Waals surface area (Å²) in [6.45, 7) is 2.34. The van der Waals surface area contributed by atoms with Crippen molar-refractivity contribution in [3.8, 4) is 0 Å². The van der Waals surface area contributed by atoms with Gasteiger partial charge in [-0.1, -0.05) is 11.8 Å². The molecule has 2 aromatic rings. The van der Waals surface area contributed by atoms with Crippen LogP contribution in [0.3, 0.4) is 0 Å². The zero-order valence-corrected chi connectivity index (χ0v) is 15.0. The molecule has 6 nitrogen and oxygen atoms in total. The number of rotatable bonds is 3. The maximum absolute atomic E-state index is 13.0. The molecule has 24 heavy (non-hydrogen) atoms. The Morgan fingerprint density at radius 1 is 1.12 bits per heavy atom. The molecular formula is C16H17N3O3S2. The normalized spacial score (nSPS) is 17.8. The number of amides is 2. The molecule has 4 rings (SSSR count). The number of thioether (sulfide) groups is 1. The molecule has 0 N–H and O–H groups in total. The SMILES string of the molecule is Cc1nc2sc3c(c2c(=O)n1CCN1C(=O)CSC1=O)CCCC3. The summed E-state index contributed by atoms with van der Waals surface area (Å²) in [6.07, 6.45) is 4.25. The summed E-state index contributed by atoms with van der Waals surface area (Å²) in [6, 6.07) is 0. The molecule has 1 aliphatic heterocycles. The van der Waals surface area contributed by atoms with Gasteiger partial charge in [-0.2, -0.15) is 0 Å². The second-order valence-electron chi connectivity index (χ2n) is 6.11. The Bertz CT molecular complexity index is 899. The number of aromatic nitrogens is 2. The maximum Gasteiger partial charge on any atom is 0.288 e. The number of thiophene rings is 1. The molecule has 2 aromatic heterocycles. The minimum atomic E-state index is -0.229. The molecule has 0 bridgehead atoms. The lowest BCUT2D eigenvalue weighted by molar-refractivity contribution is -0.124. The molecule has 1 fully saturated rings. The van der Waals surface area contributed by atoms with Crippen LogP contribution in [-0.2, 0) is 24.2 Å². The molecule has 1 saturated heterocycles. The van der Waals surface area contributed by atoms with E-state index in [-0.39, 0.29) is 29.0 Å². The Balaban J connectivity index is 1.71. The van der Waals surface area contributed by atoms with E-state index < -0.39 is 0 Å². The minimum Gasteiger partial charge on any atom is -0.294 e. The van der Waals surface area contributed by atoms with Crippen molar-refractivity contribution in [2.24, 2.45) is 0 Å². The van der Waals surface area contributed by atoms with Crippen molar-refractivity contribution in [3.63, 3.8) is 0 Å². The Morgan fingerprint density at radius 2 is 1.92 bits per heavy atom. The summed E-state index contributed by atoms with van der Waals surface area (Å²) in [4.78, 5) is 44.4. The molecule has 8 heteroatoms. The van der Waals surface area contributed by atoms with Crippen molar-refractivity contribution in [2.45, 2.75) is 39.2 Å². The highest BCUT2D eigenvalue weighted by atomic mass is 32.2. The number of carbonyl (C=O) groups excluding carboxylic acids is 2. The molecule has 0 saturated carbocycles. The van der Waals surface area contributed by atoms with E-state index >= 15 is 0 Å². The lowest BCUT2D eigenvalue weighted by atomic mass is 9.97. The Morgan fingerprint density at radius 3 is 2.67 bits per heavy atom. The van der Waals surface area contributed by atoms with E-state index in [1.165, 1.54) is 16.2 Å². The van der Waals surface area contributed by atoms with Gasteiger partial charge in [-0.05, 0) is 38.2 Å². The number of hydrogen-bond acceptors (Lipinski definition) is 6. The van der Waals surface area contributed by atoms with Crippen molar-refractivity contribution in [2.75, 3.05) is 12.3 Å². The number of carbonyl (C=O) groups is 2. The highest BCUT2D eigenvalue weighted by Crippen LogP contribution is 2.33. The third-order valence-corrected chi connectivity index (χ3v) is 6.70. The number of nitrogens with zero attached hydrogens (tertiary/aromatic N) is 3. The minimum absolute atomic E-state index is 0.0383. The molecule has 126 valence electrons. The smallest absolute Gasteiger partial charge is 0.288 e. The fourth-order valence-corrected chi connectivity index (χ4v) is 5.45. The van der Waals surface area contributed by atoms with Gasteiger partial charge >= 0.3 is 0 Å². The van der Waals surface area contributed by atoms with Gasteiger partial charge in [0, 0.05) is 18.0 Å². The average Bonchev–Trinajstić information content (AvgIpc) is 3.08. The summed E-state index contributed by atoms with van der Waals surface area (Å²) < 4.78 is 1.60. The Kier molecular flexibility index (Phi) is 3.96. The molecule has 2 aliphatic rings. The van der Waals surface area contributed by atoms with Crippen LogP contribution < -0.4 is 5.56 Å². The van der Waals surface area contributed by atoms with E-state index in [2.05, 4.69) is 4.98 Å². The topological polar surface area (TPSA) is 72.3 Å². The third-order valence-electron chi connectivity index (χ3n) is 4.65. The van der Waals surface area contributed by atoms with Gasteiger partial charge in [0.05, 0.1) is 11.1 Å². The largest absolute Gasteiger partial charge is 0.294 e. The summed E-state index contributed by atoms with van der Waals surface area (Å²) >= 11 is 2.65. The van der Waals surface area contributed by atoms with Gasteiger partial charge in [0.25, 0.3) is 10.8 Å². The van der Waals surface area contributed by atoms with Crippen molar-refractivity contribution < 1.29 is 9.59 Å². The van der Waals surface area contributed by atoms with Crippen molar-refractivity contribution >= 4 is 44.5 Å². The van der Waals surface area contributed by atoms with Gasteiger partial charge in [0.1, 0.15) is 10.7 Å². The monoisotopic (exact) mass is 363 g/mol. The van der Waals surface area contributed by atoms with Crippen LogP contribution in [0.5, 0.6) is 0 Å². The van der Waals surface area contributed by atoms with Gasteiger partial charge in [-0.25, -0.2) is 4.98 Å². The van der Waals surface area contributed by atoms with E-state index in [0.717, 1.165) is 46.8 Å². The van der Waals surface area contributed by atoms with Crippen LogP contribution in [0.4, 0.5) is 4.79 Å². The summed E-state index contributed by atoms with van der Waals surface area (Å²) in [5.41, 5.74) is 1.13. The van der Waals surface area contributed by atoms with Gasteiger partial charge in [0.15, 0.2) is 0 Å². The third kappa shape index (κ3) is 2.48. The van der Waals surface area contributed by atoms with E-state index in [9.17, 15) is 14.4 Å². The summed E-state index contributed by atoms with van der Waals surface area (Å²) in [5, 5.41) is 0.515. The van der Waals surface area contributed by atoms with Crippen LogP contribution in [0.1, 0.15) is 29.1 Å². The Labute approximate surface area is 146 Å². The van der Waals surface area contributed by atoms with Crippen LogP contribution in [0.25, 0.3) is 10.2 Å². The molecule has 2 amide bonds. The van der Waals surface area contributed by atoms with Crippen molar-refractivity contribution in [3.05, 3.63) is 26.6 Å². The van der Waals surface area contributed by atoms with Crippen molar-refractivity contribution in [1.82, 2.24) is 14.5 Å². The molecule has 0 atom stereocenters. The zero-order valence-electron chi connectivity index (χ0n) is 13.3. The highest BCUT2D eigenvalue weighted by Gasteiger charge is 2.30. The molecule has 3 heterocycles. The maximum atomic E-state index is 13.0. The molecule has 0 unspecified atom stereocenters. The molecular weight excluding hydrogens is 346 g/mol. The first-order valence-corrected chi connectivity index (χ1v) is 9.85. The lowest BCUT2D eigenvalue weighted by Crippen LogP contribution is -2.35. The van der Waals surface area contributed by atoms with Gasteiger partial charge in [0.2, 0.25) is 5.91 Å². The summed E-state index contributed by atoms with van der Waals surface area (Å²) in [5.74, 6) is 0.651. The van der Waals surface area contributed by atoms with Crippen LogP contribution in [-0.4, -0.2) is 37.9 Å². The van der Waals surface area contributed by atoms with Crippen LogP contribution in [0.15, 0.2) is 4.79 Å². The quantitative estimate of drug-likeness (QED) is 0.837. The average molecular weight is 363 g/mol. The first-order valence-electron chi connectivity index (χ1n) is 8.05. The first-order chi connectivity index (χ1) is 11.6. The number of aryl methyl sites for hydroxylation is 3. The number of imide groups is 1. The van der Waals surface area contributed by atoms with Gasteiger partial charge < -0.3 is 0 Å². The molecule has 0 radical (unpaired) electrons. The number of fused-ring (bicyclic) bond motifs is 3. The van der Waals surface area contributed by atoms with Gasteiger partial charge in [-0.15, -0.1) is 11.3 Å². The second-order valence-corrected chi connectivity index (χ2v) is 8.12. The highest BCUT2D eigenvalue weighted by molar-refractivity contribution is 8.14. The van der Waals surface area contributed by atoms with Crippen LogP contribution >= 0.6 is 23.1 Å². The van der Waals surface area contributed by atoms with E-state index in [1.54, 1.807) is 15.9 Å². The van der Waals surface area contributed by atoms with Crippen LogP contribution in [0, 0.1) is 6.92 Å². The van der Waals surface area contributed by atoms with E-state index in [0.29, 0.717) is 12.4 Å². The Hall–Kier alpha value is -1.67. The predicted molar refractivity (Wildman–Crippen MR) is 94.8 cm³/mol. The fraction of sp³-hybridized carbons (Fsp3) is 0.500. The summed E-state index contributed by atoms with van der Waals surface area (Å²) in [7, 11) is 0. The first kappa shape index (κ1) is 15.8. The molecule has 1 aliphatic carbocycles. The lowest BCUT2D eigenvalue weighted by Gasteiger charge is -2.15. The predicted octanol–water partition coefficient (Wildman–Crippen LogP) is 2.34.